The Kier molecular flexibility index (Phi) is 7.48. The van der Waals surface area contributed by atoms with Crippen molar-refractivity contribution in [2.24, 2.45) is 5.73 Å². The number of primary amides is 1. The molecule has 9 nitrogen and oxygen atoms in total. The number of hydrogen-bond acceptors (Lipinski definition) is 6. The first-order valence-electron chi connectivity index (χ1n) is 10.1. The molecule has 0 radical (unpaired) electrons. The number of phenolic OH excluding ortho intramolecular Hbond substituents is 1. The normalized spacial score (nSPS) is 11.4. The number of phenols is 1. The van der Waals surface area contributed by atoms with Crippen LogP contribution >= 0.6 is 12.2 Å². The first kappa shape index (κ1) is 23.6. The Morgan fingerprint density at radius 2 is 2.06 bits per heavy atom. The Hall–Kier alpha value is -4.10. The summed E-state index contributed by atoms with van der Waals surface area (Å²) in [5.74, 6) is -1.36. The van der Waals surface area contributed by atoms with E-state index in [0.29, 0.717) is 5.56 Å². The van der Waals surface area contributed by atoms with Gasteiger partial charge >= 0.3 is 6.03 Å². The third kappa shape index (κ3) is 5.22. The summed E-state index contributed by atoms with van der Waals surface area (Å²) in [6.07, 6.45) is 2.23. The van der Waals surface area contributed by atoms with E-state index in [9.17, 15) is 14.7 Å². The monoisotopic (exact) mass is 465 g/mol. The van der Waals surface area contributed by atoms with Gasteiger partial charge in [0, 0.05) is 23.6 Å². The zero-order valence-electron chi connectivity index (χ0n) is 17.8. The standard InChI is InChI=1S/C23H23N5O4S/c1-32-18-8-7-15(19(20(18)29)22(33)28-23(25)31)16(21(30)26-10-4-9-24)11-13-12-27-17-6-3-2-5-14(13)17/h2-3,5-8,12,16,27,29H,4,10-11H2,1H3,(H,26,30)(H3,25,28,31,33). The largest absolute Gasteiger partial charge is 0.504 e. The van der Waals surface area contributed by atoms with Crippen molar-refractivity contribution in [1.82, 2.24) is 15.6 Å². The van der Waals surface area contributed by atoms with Gasteiger partial charge in [-0.05, 0) is 29.7 Å². The van der Waals surface area contributed by atoms with Crippen LogP contribution in [0, 0.1) is 11.3 Å². The van der Waals surface area contributed by atoms with Crippen LogP contribution in [0.15, 0.2) is 42.6 Å². The fourth-order valence-electron chi connectivity index (χ4n) is 3.68. The molecule has 0 bridgehead atoms. The van der Waals surface area contributed by atoms with Crippen LogP contribution in [-0.2, 0) is 11.2 Å². The molecule has 1 unspecified atom stereocenters. The van der Waals surface area contributed by atoms with Gasteiger partial charge < -0.3 is 25.9 Å². The van der Waals surface area contributed by atoms with Crippen LogP contribution in [0.4, 0.5) is 4.79 Å². The first-order chi connectivity index (χ1) is 15.9. The van der Waals surface area contributed by atoms with E-state index >= 15 is 0 Å². The number of fused-ring (bicyclic) bond motifs is 1. The number of nitrogens with zero attached hydrogens (tertiary/aromatic N) is 1. The van der Waals surface area contributed by atoms with Gasteiger partial charge in [-0.15, -0.1) is 0 Å². The van der Waals surface area contributed by atoms with E-state index < -0.39 is 11.9 Å². The predicted molar refractivity (Wildman–Crippen MR) is 127 cm³/mol. The van der Waals surface area contributed by atoms with Crippen LogP contribution < -0.4 is 21.1 Å². The summed E-state index contributed by atoms with van der Waals surface area (Å²) < 4.78 is 5.18. The molecule has 0 saturated carbocycles. The van der Waals surface area contributed by atoms with Crippen molar-refractivity contribution >= 4 is 40.0 Å². The number of nitrogens with two attached hydrogens (primary N) is 1. The van der Waals surface area contributed by atoms with Crippen LogP contribution in [0.25, 0.3) is 10.9 Å². The second kappa shape index (κ2) is 10.5. The lowest BCUT2D eigenvalue weighted by molar-refractivity contribution is -0.122. The highest BCUT2D eigenvalue weighted by Crippen LogP contribution is 2.37. The van der Waals surface area contributed by atoms with Gasteiger partial charge in [-0.25, -0.2) is 4.79 Å². The number of thiocarbonyl (C=S) groups is 1. The van der Waals surface area contributed by atoms with Crippen molar-refractivity contribution in [2.75, 3.05) is 13.7 Å². The molecule has 0 aliphatic heterocycles. The Bertz CT molecular complexity index is 1250. The molecular weight excluding hydrogens is 442 g/mol. The number of carbonyl (C=O) groups is 2. The van der Waals surface area contributed by atoms with E-state index in [1.165, 1.54) is 13.2 Å². The second-order valence-electron chi connectivity index (χ2n) is 7.21. The summed E-state index contributed by atoms with van der Waals surface area (Å²) in [5, 5.41) is 25.7. The van der Waals surface area contributed by atoms with Gasteiger partial charge in [-0.2, -0.15) is 5.26 Å². The van der Waals surface area contributed by atoms with E-state index in [1.807, 2.05) is 36.5 Å². The first-order valence-corrected chi connectivity index (χ1v) is 10.5. The topological polar surface area (TPSA) is 153 Å². The van der Waals surface area contributed by atoms with Crippen molar-refractivity contribution < 1.29 is 19.4 Å². The molecule has 1 aromatic heterocycles. The molecule has 0 fully saturated rings. The minimum Gasteiger partial charge on any atom is -0.504 e. The van der Waals surface area contributed by atoms with Crippen LogP contribution in [0.2, 0.25) is 0 Å². The van der Waals surface area contributed by atoms with E-state index in [-0.39, 0.29) is 47.3 Å². The Morgan fingerprint density at radius 3 is 2.76 bits per heavy atom. The highest BCUT2D eigenvalue weighted by atomic mass is 32.1. The Balaban J connectivity index is 2.12. The van der Waals surface area contributed by atoms with E-state index in [0.717, 1.165) is 16.5 Å². The SMILES string of the molecule is COc1ccc(C(Cc2c[nH]c3ccccc23)C(=O)NCCC#N)c(C(=S)NC(N)=O)c1O. The molecule has 0 aliphatic carbocycles. The highest BCUT2D eigenvalue weighted by Gasteiger charge is 2.29. The number of amides is 3. The molecule has 3 amide bonds. The zero-order chi connectivity index (χ0) is 24.0. The average molecular weight is 466 g/mol. The number of methoxy groups -OCH3 is 1. The molecular formula is C23H23N5O4S. The van der Waals surface area contributed by atoms with Crippen LogP contribution in [0.3, 0.4) is 0 Å². The maximum atomic E-state index is 13.2. The number of aromatic hydroxyl groups is 1. The molecule has 2 aromatic carbocycles. The van der Waals surface area contributed by atoms with Crippen molar-refractivity contribution in [3.63, 3.8) is 0 Å². The molecule has 0 spiro atoms. The summed E-state index contributed by atoms with van der Waals surface area (Å²) in [6, 6.07) is 11.9. The van der Waals surface area contributed by atoms with Gasteiger partial charge in [0.15, 0.2) is 11.5 Å². The van der Waals surface area contributed by atoms with E-state index in [2.05, 4.69) is 15.6 Å². The number of nitriles is 1. The second-order valence-corrected chi connectivity index (χ2v) is 7.62. The van der Waals surface area contributed by atoms with Crippen LogP contribution in [0.1, 0.15) is 29.0 Å². The fourth-order valence-corrected chi connectivity index (χ4v) is 4.00. The maximum Gasteiger partial charge on any atom is 0.317 e. The molecule has 170 valence electrons. The molecule has 1 heterocycles. The number of urea groups is 1. The van der Waals surface area contributed by atoms with Gasteiger partial charge in [-0.1, -0.05) is 36.5 Å². The number of nitrogens with one attached hydrogen (secondary N) is 3. The summed E-state index contributed by atoms with van der Waals surface area (Å²) in [5.41, 5.74) is 7.47. The summed E-state index contributed by atoms with van der Waals surface area (Å²) in [7, 11) is 1.38. The van der Waals surface area contributed by atoms with Crippen LogP contribution in [-0.4, -0.2) is 40.7 Å². The van der Waals surface area contributed by atoms with Crippen molar-refractivity contribution in [3.05, 3.63) is 59.3 Å². The smallest absolute Gasteiger partial charge is 0.317 e. The summed E-state index contributed by atoms with van der Waals surface area (Å²) in [4.78, 5) is 27.7. The van der Waals surface area contributed by atoms with Crippen molar-refractivity contribution in [1.29, 1.82) is 5.26 Å². The van der Waals surface area contributed by atoms with Crippen molar-refractivity contribution in [3.8, 4) is 17.6 Å². The fraction of sp³-hybridized carbons (Fsp3) is 0.217. The third-order valence-electron chi connectivity index (χ3n) is 5.18. The van der Waals surface area contributed by atoms with Gasteiger partial charge in [0.25, 0.3) is 0 Å². The number of carbonyl (C=O) groups excluding carboxylic acids is 2. The molecule has 0 saturated heterocycles. The summed E-state index contributed by atoms with van der Waals surface area (Å²) >= 11 is 5.31. The van der Waals surface area contributed by atoms with Crippen molar-refractivity contribution in [2.45, 2.75) is 18.8 Å². The van der Waals surface area contributed by atoms with Gasteiger partial charge in [0.2, 0.25) is 5.91 Å². The number of H-pyrrole nitrogens is 1. The minimum absolute atomic E-state index is 0.0726. The number of hydrogen-bond donors (Lipinski definition) is 5. The van der Waals surface area contributed by atoms with Crippen LogP contribution in [0.5, 0.6) is 11.5 Å². The zero-order valence-corrected chi connectivity index (χ0v) is 18.7. The lowest BCUT2D eigenvalue weighted by Gasteiger charge is -2.22. The molecule has 3 rings (SSSR count). The van der Waals surface area contributed by atoms with E-state index in [4.69, 9.17) is 28.0 Å². The molecule has 3 aromatic rings. The summed E-state index contributed by atoms with van der Waals surface area (Å²) in [6.45, 7) is 0.168. The number of ether oxygens (including phenoxy) is 1. The third-order valence-corrected chi connectivity index (χ3v) is 5.49. The number of rotatable bonds is 8. The van der Waals surface area contributed by atoms with Gasteiger partial charge in [0.05, 0.1) is 31.1 Å². The maximum absolute atomic E-state index is 13.2. The highest BCUT2D eigenvalue weighted by molar-refractivity contribution is 7.80. The molecule has 1 atom stereocenters. The number of benzene rings is 2. The lowest BCUT2D eigenvalue weighted by atomic mass is 9.87. The average Bonchev–Trinajstić information content (AvgIpc) is 3.19. The Labute approximate surface area is 195 Å². The molecule has 0 aliphatic rings. The molecule has 10 heteroatoms. The predicted octanol–water partition coefficient (Wildman–Crippen LogP) is 2.58. The molecule has 33 heavy (non-hydrogen) atoms. The number of para-hydroxylation sites is 1. The molecule has 6 N–H and O–H groups in total. The quantitative estimate of drug-likeness (QED) is 0.255. The van der Waals surface area contributed by atoms with Gasteiger partial charge in [0.1, 0.15) is 4.99 Å². The van der Waals surface area contributed by atoms with E-state index in [1.54, 1.807) is 6.07 Å². The number of aromatic nitrogens is 1. The minimum atomic E-state index is -0.903. The Morgan fingerprint density at radius 1 is 1.30 bits per heavy atom. The van der Waals surface area contributed by atoms with Gasteiger partial charge in [-0.3, -0.25) is 10.1 Å². The number of aromatic amines is 1. The lowest BCUT2D eigenvalue weighted by Crippen LogP contribution is -2.36.